The van der Waals surface area contributed by atoms with Crippen LogP contribution in [0.4, 0.5) is 5.95 Å². The van der Waals surface area contributed by atoms with E-state index in [-0.39, 0.29) is 13.2 Å². The van der Waals surface area contributed by atoms with E-state index in [1.807, 2.05) is 0 Å². The van der Waals surface area contributed by atoms with Crippen LogP contribution < -0.4 is 4.90 Å². The molecule has 1 aromatic heterocycles. The summed E-state index contributed by atoms with van der Waals surface area (Å²) in [5.41, 5.74) is 0.722. The molecule has 1 fully saturated rings. The normalized spacial score (nSPS) is 21.1. The van der Waals surface area contributed by atoms with E-state index in [1.54, 1.807) is 12.4 Å². The lowest BCUT2D eigenvalue weighted by molar-refractivity contribution is 0.208. The molecule has 5 heteroatoms. The zero-order valence-corrected chi connectivity index (χ0v) is 9.21. The van der Waals surface area contributed by atoms with Crippen molar-refractivity contribution >= 4 is 5.95 Å². The summed E-state index contributed by atoms with van der Waals surface area (Å²) in [7, 11) is 0. The summed E-state index contributed by atoms with van der Waals surface area (Å²) in [5, 5.41) is 18.0. The molecule has 1 aromatic rings. The largest absolute Gasteiger partial charge is 0.396 e. The fourth-order valence-electron chi connectivity index (χ4n) is 1.99. The molecule has 16 heavy (non-hydrogen) atoms. The van der Waals surface area contributed by atoms with Crippen LogP contribution in [0.3, 0.4) is 0 Å². The molecule has 2 rings (SSSR count). The first-order valence-corrected chi connectivity index (χ1v) is 5.61. The molecule has 1 aliphatic rings. The Balaban J connectivity index is 2.05. The van der Waals surface area contributed by atoms with Crippen molar-refractivity contribution in [1.29, 1.82) is 0 Å². The summed E-state index contributed by atoms with van der Waals surface area (Å²) in [5.74, 6) is 1.02. The van der Waals surface area contributed by atoms with Crippen molar-refractivity contribution in [1.82, 2.24) is 9.97 Å². The van der Waals surface area contributed by atoms with Gasteiger partial charge in [0.1, 0.15) is 0 Å². The Hall–Kier alpha value is -1.20. The molecule has 2 N–H and O–H groups in total. The van der Waals surface area contributed by atoms with Gasteiger partial charge in [0.2, 0.25) is 5.95 Å². The second-order valence-electron chi connectivity index (χ2n) is 4.19. The Morgan fingerprint density at radius 2 is 2.06 bits per heavy atom. The molecule has 0 spiro atoms. The van der Waals surface area contributed by atoms with Crippen LogP contribution in [-0.4, -0.2) is 39.9 Å². The van der Waals surface area contributed by atoms with Crippen molar-refractivity contribution in [2.75, 3.05) is 24.6 Å². The van der Waals surface area contributed by atoms with E-state index >= 15 is 0 Å². The molecule has 0 aromatic carbocycles. The van der Waals surface area contributed by atoms with E-state index in [2.05, 4.69) is 14.9 Å². The van der Waals surface area contributed by atoms with Crippen LogP contribution in [0.25, 0.3) is 0 Å². The first kappa shape index (κ1) is 11.3. The van der Waals surface area contributed by atoms with Gasteiger partial charge >= 0.3 is 0 Å². The van der Waals surface area contributed by atoms with E-state index in [0.717, 1.165) is 31.5 Å². The maximum Gasteiger partial charge on any atom is 0.225 e. The van der Waals surface area contributed by atoms with Gasteiger partial charge in [-0.3, -0.25) is 0 Å². The van der Waals surface area contributed by atoms with Crippen molar-refractivity contribution in [2.45, 2.75) is 19.4 Å². The lowest BCUT2D eigenvalue weighted by Crippen LogP contribution is -2.37. The number of hydrogen-bond donors (Lipinski definition) is 2. The minimum absolute atomic E-state index is 0.0282. The maximum atomic E-state index is 9.14. The molecule has 1 atom stereocenters. The molecule has 1 unspecified atom stereocenters. The van der Waals surface area contributed by atoms with Crippen LogP contribution in [0.2, 0.25) is 0 Å². The number of nitrogens with zero attached hydrogens (tertiary/aromatic N) is 3. The second-order valence-corrected chi connectivity index (χ2v) is 4.19. The highest BCUT2D eigenvalue weighted by Crippen LogP contribution is 2.19. The number of piperidine rings is 1. The number of rotatable bonds is 3. The lowest BCUT2D eigenvalue weighted by atomic mass is 9.99. The summed E-state index contributed by atoms with van der Waals surface area (Å²) >= 11 is 0. The predicted octanol–water partition coefficient (Wildman–Crippen LogP) is 0.178. The smallest absolute Gasteiger partial charge is 0.225 e. The van der Waals surface area contributed by atoms with Gasteiger partial charge in [0.25, 0.3) is 0 Å². The quantitative estimate of drug-likeness (QED) is 0.765. The number of aliphatic hydroxyl groups is 2. The molecule has 88 valence electrons. The first-order valence-electron chi connectivity index (χ1n) is 5.61. The fraction of sp³-hybridized carbons (Fsp3) is 0.636. The van der Waals surface area contributed by atoms with Crippen LogP contribution in [0.5, 0.6) is 0 Å². The fourth-order valence-corrected chi connectivity index (χ4v) is 1.99. The average molecular weight is 223 g/mol. The van der Waals surface area contributed by atoms with Gasteiger partial charge in [-0.15, -0.1) is 0 Å². The highest BCUT2D eigenvalue weighted by atomic mass is 16.3. The monoisotopic (exact) mass is 223 g/mol. The SMILES string of the molecule is OCc1cnc(N2CCCC(CO)C2)nc1. The molecule has 0 bridgehead atoms. The molecule has 0 saturated carbocycles. The van der Waals surface area contributed by atoms with E-state index < -0.39 is 0 Å². The van der Waals surface area contributed by atoms with E-state index in [9.17, 15) is 0 Å². The standard InChI is InChI=1S/C11H17N3O2/c15-7-9-2-1-3-14(6-9)11-12-4-10(8-16)5-13-11/h4-5,9,15-16H,1-3,6-8H2. The third-order valence-electron chi connectivity index (χ3n) is 2.93. The number of aromatic nitrogens is 2. The third kappa shape index (κ3) is 2.48. The van der Waals surface area contributed by atoms with Crippen LogP contribution in [0.1, 0.15) is 18.4 Å². The van der Waals surface area contributed by atoms with Gasteiger partial charge in [-0.05, 0) is 18.8 Å². The number of hydrogen-bond acceptors (Lipinski definition) is 5. The number of aliphatic hydroxyl groups excluding tert-OH is 2. The Morgan fingerprint density at radius 1 is 1.31 bits per heavy atom. The third-order valence-corrected chi connectivity index (χ3v) is 2.93. The summed E-state index contributed by atoms with van der Waals surface area (Å²) in [4.78, 5) is 10.5. The van der Waals surface area contributed by atoms with Crippen molar-refractivity contribution in [3.63, 3.8) is 0 Å². The van der Waals surface area contributed by atoms with Crippen LogP contribution in [-0.2, 0) is 6.61 Å². The summed E-state index contributed by atoms with van der Waals surface area (Å²) < 4.78 is 0. The maximum absolute atomic E-state index is 9.14. The second kappa shape index (κ2) is 5.23. The summed E-state index contributed by atoms with van der Waals surface area (Å²) in [6.45, 7) is 1.95. The Bertz CT molecular complexity index is 329. The predicted molar refractivity (Wildman–Crippen MR) is 60.0 cm³/mol. The first-order chi connectivity index (χ1) is 7.83. The summed E-state index contributed by atoms with van der Waals surface area (Å²) in [6.07, 6.45) is 5.42. The zero-order chi connectivity index (χ0) is 11.4. The Kier molecular flexibility index (Phi) is 3.69. The van der Waals surface area contributed by atoms with Gasteiger partial charge < -0.3 is 15.1 Å². The van der Waals surface area contributed by atoms with E-state index in [0.29, 0.717) is 11.9 Å². The highest BCUT2D eigenvalue weighted by Gasteiger charge is 2.20. The van der Waals surface area contributed by atoms with Gasteiger partial charge in [-0.1, -0.05) is 0 Å². The molecule has 5 nitrogen and oxygen atoms in total. The molecule has 0 radical (unpaired) electrons. The minimum Gasteiger partial charge on any atom is -0.396 e. The topological polar surface area (TPSA) is 69.5 Å². The van der Waals surface area contributed by atoms with E-state index in [4.69, 9.17) is 10.2 Å². The zero-order valence-electron chi connectivity index (χ0n) is 9.21. The van der Waals surface area contributed by atoms with Gasteiger partial charge in [-0.2, -0.15) is 0 Å². The van der Waals surface area contributed by atoms with Crippen molar-refractivity contribution in [3.05, 3.63) is 18.0 Å². The molecule has 0 aliphatic carbocycles. The summed E-state index contributed by atoms with van der Waals surface area (Å²) in [6, 6.07) is 0. The van der Waals surface area contributed by atoms with E-state index in [1.165, 1.54) is 0 Å². The van der Waals surface area contributed by atoms with Gasteiger partial charge in [0.15, 0.2) is 0 Å². The van der Waals surface area contributed by atoms with Crippen molar-refractivity contribution in [3.8, 4) is 0 Å². The molecular formula is C11H17N3O2. The molecular weight excluding hydrogens is 206 g/mol. The lowest BCUT2D eigenvalue weighted by Gasteiger charge is -2.31. The molecule has 1 aliphatic heterocycles. The van der Waals surface area contributed by atoms with Crippen LogP contribution >= 0.6 is 0 Å². The van der Waals surface area contributed by atoms with Gasteiger partial charge in [-0.25, -0.2) is 9.97 Å². The van der Waals surface area contributed by atoms with Crippen LogP contribution in [0.15, 0.2) is 12.4 Å². The molecule has 1 saturated heterocycles. The average Bonchev–Trinajstić information content (AvgIpc) is 2.39. The Morgan fingerprint density at radius 3 is 2.69 bits per heavy atom. The van der Waals surface area contributed by atoms with Crippen molar-refractivity contribution < 1.29 is 10.2 Å². The molecule has 2 heterocycles. The van der Waals surface area contributed by atoms with Crippen LogP contribution in [0, 0.1) is 5.92 Å². The van der Waals surface area contributed by atoms with Gasteiger partial charge in [0, 0.05) is 37.7 Å². The highest BCUT2D eigenvalue weighted by molar-refractivity contribution is 5.30. The Labute approximate surface area is 94.8 Å². The minimum atomic E-state index is -0.0282. The number of anilines is 1. The van der Waals surface area contributed by atoms with Gasteiger partial charge in [0.05, 0.1) is 6.61 Å². The molecule has 0 amide bonds. The van der Waals surface area contributed by atoms with Crippen molar-refractivity contribution in [2.24, 2.45) is 5.92 Å².